The maximum atomic E-state index is 11.1. The van der Waals surface area contributed by atoms with E-state index in [1.54, 1.807) is 0 Å². The molecule has 1 unspecified atom stereocenters. The van der Waals surface area contributed by atoms with E-state index >= 15 is 0 Å². The maximum Gasteiger partial charge on any atom is 0.0911 e. The number of hydrogen-bond donors (Lipinski definition) is 1. The third-order valence-electron chi connectivity index (χ3n) is 4.70. The Kier molecular flexibility index (Phi) is 4.32. The van der Waals surface area contributed by atoms with Crippen LogP contribution in [0.3, 0.4) is 0 Å². The predicted molar refractivity (Wildman–Crippen MR) is 80.5 cm³/mol. The molecule has 1 aromatic carbocycles. The van der Waals surface area contributed by atoms with Crippen molar-refractivity contribution in [1.29, 1.82) is 0 Å². The molecule has 1 saturated heterocycles. The summed E-state index contributed by atoms with van der Waals surface area (Å²) in [6.45, 7) is 11.8. The molecule has 1 heterocycles. The fourth-order valence-electron chi connectivity index (χ4n) is 3.22. The molecule has 0 aliphatic carbocycles. The molecule has 1 N–H and O–H groups in total. The van der Waals surface area contributed by atoms with E-state index in [1.807, 2.05) is 0 Å². The Hall–Kier alpha value is -0.860. The second kappa shape index (κ2) is 5.64. The first-order valence-corrected chi connectivity index (χ1v) is 7.49. The van der Waals surface area contributed by atoms with Crippen molar-refractivity contribution in [3.63, 3.8) is 0 Å². The van der Waals surface area contributed by atoms with Gasteiger partial charge in [-0.1, -0.05) is 19.1 Å². The molecular weight excluding hydrogens is 234 g/mol. The Morgan fingerprint density at radius 1 is 1.05 bits per heavy atom. The van der Waals surface area contributed by atoms with Crippen molar-refractivity contribution in [1.82, 2.24) is 4.90 Å². The van der Waals surface area contributed by atoms with Crippen LogP contribution in [0, 0.1) is 20.8 Å². The van der Waals surface area contributed by atoms with Crippen LogP contribution in [-0.4, -0.2) is 29.6 Å². The van der Waals surface area contributed by atoms with Crippen molar-refractivity contribution in [2.45, 2.75) is 52.6 Å². The predicted octanol–water partition coefficient (Wildman–Crippen LogP) is 3.31. The molecular formula is C17H27NO. The molecule has 0 amide bonds. The fraction of sp³-hybridized carbons (Fsp3) is 0.647. The highest BCUT2D eigenvalue weighted by Crippen LogP contribution is 2.35. The summed E-state index contributed by atoms with van der Waals surface area (Å²) in [5.74, 6) is 0. The van der Waals surface area contributed by atoms with E-state index in [2.05, 4.69) is 44.7 Å². The number of benzene rings is 1. The molecule has 1 aromatic rings. The molecule has 2 heteroatoms. The van der Waals surface area contributed by atoms with Gasteiger partial charge in [-0.05, 0) is 75.4 Å². The SMILES string of the molecule is CCN1CCCC(O)(c2cc(C)c(C)cc2C)CC1. The molecule has 1 fully saturated rings. The van der Waals surface area contributed by atoms with Gasteiger partial charge in [0.1, 0.15) is 0 Å². The largest absolute Gasteiger partial charge is 0.385 e. The van der Waals surface area contributed by atoms with Crippen molar-refractivity contribution < 1.29 is 5.11 Å². The second-order valence-corrected chi connectivity index (χ2v) is 6.07. The molecule has 1 atom stereocenters. The minimum absolute atomic E-state index is 0.632. The summed E-state index contributed by atoms with van der Waals surface area (Å²) in [5.41, 5.74) is 4.34. The van der Waals surface area contributed by atoms with Crippen LogP contribution in [0.4, 0.5) is 0 Å². The van der Waals surface area contributed by atoms with Crippen LogP contribution in [0.1, 0.15) is 48.4 Å². The summed E-state index contributed by atoms with van der Waals surface area (Å²) >= 11 is 0. The lowest BCUT2D eigenvalue weighted by atomic mass is 9.82. The molecule has 0 radical (unpaired) electrons. The van der Waals surface area contributed by atoms with Crippen LogP contribution >= 0.6 is 0 Å². The molecule has 1 aliphatic heterocycles. The number of rotatable bonds is 2. The minimum Gasteiger partial charge on any atom is -0.385 e. The molecule has 0 saturated carbocycles. The standard InChI is InChI=1S/C17H27NO/c1-5-18-9-6-7-17(19,8-10-18)16-12-14(3)13(2)11-15(16)4/h11-12,19H,5-10H2,1-4H3. The van der Waals surface area contributed by atoms with E-state index in [-0.39, 0.29) is 0 Å². The van der Waals surface area contributed by atoms with Crippen molar-refractivity contribution in [2.24, 2.45) is 0 Å². The lowest BCUT2D eigenvalue weighted by Gasteiger charge is -2.30. The minimum atomic E-state index is -0.632. The fourth-order valence-corrected chi connectivity index (χ4v) is 3.22. The van der Waals surface area contributed by atoms with E-state index in [0.29, 0.717) is 0 Å². The van der Waals surface area contributed by atoms with E-state index in [9.17, 15) is 5.11 Å². The van der Waals surface area contributed by atoms with Crippen molar-refractivity contribution >= 4 is 0 Å². The monoisotopic (exact) mass is 261 g/mol. The summed E-state index contributed by atoms with van der Waals surface area (Å²) in [6.07, 6.45) is 2.81. The van der Waals surface area contributed by atoms with Gasteiger partial charge in [0, 0.05) is 6.54 Å². The molecule has 2 rings (SSSR count). The van der Waals surface area contributed by atoms with E-state index in [0.717, 1.165) is 44.5 Å². The van der Waals surface area contributed by atoms with Crippen molar-refractivity contribution in [2.75, 3.05) is 19.6 Å². The van der Waals surface area contributed by atoms with Crippen molar-refractivity contribution in [3.05, 3.63) is 34.4 Å². The molecule has 2 nitrogen and oxygen atoms in total. The second-order valence-electron chi connectivity index (χ2n) is 6.07. The average Bonchev–Trinajstić information content (AvgIpc) is 2.56. The number of hydrogen-bond acceptors (Lipinski definition) is 2. The molecule has 106 valence electrons. The molecule has 0 bridgehead atoms. The highest BCUT2D eigenvalue weighted by Gasteiger charge is 2.33. The first kappa shape index (κ1) is 14.5. The lowest BCUT2D eigenvalue weighted by Crippen LogP contribution is -2.30. The van der Waals surface area contributed by atoms with Crippen LogP contribution in [0.5, 0.6) is 0 Å². The van der Waals surface area contributed by atoms with Gasteiger partial charge in [0.15, 0.2) is 0 Å². The zero-order valence-corrected chi connectivity index (χ0v) is 12.8. The van der Waals surface area contributed by atoms with Crippen molar-refractivity contribution in [3.8, 4) is 0 Å². The topological polar surface area (TPSA) is 23.5 Å². The summed E-state index contributed by atoms with van der Waals surface area (Å²) < 4.78 is 0. The highest BCUT2D eigenvalue weighted by molar-refractivity contribution is 5.39. The van der Waals surface area contributed by atoms with Gasteiger partial charge < -0.3 is 10.0 Å². The van der Waals surface area contributed by atoms with Crippen LogP contribution in [0.15, 0.2) is 12.1 Å². The molecule has 19 heavy (non-hydrogen) atoms. The Morgan fingerprint density at radius 2 is 1.74 bits per heavy atom. The zero-order valence-electron chi connectivity index (χ0n) is 12.8. The van der Waals surface area contributed by atoms with E-state index in [1.165, 1.54) is 16.7 Å². The Morgan fingerprint density at radius 3 is 2.42 bits per heavy atom. The van der Waals surface area contributed by atoms with Gasteiger partial charge in [-0.25, -0.2) is 0 Å². The highest BCUT2D eigenvalue weighted by atomic mass is 16.3. The summed E-state index contributed by atoms with van der Waals surface area (Å²) in [4.78, 5) is 2.44. The lowest BCUT2D eigenvalue weighted by molar-refractivity contribution is 0.0207. The van der Waals surface area contributed by atoms with Gasteiger partial charge in [-0.3, -0.25) is 0 Å². The number of nitrogens with zero attached hydrogens (tertiary/aromatic N) is 1. The number of likely N-dealkylation sites (tertiary alicyclic amines) is 1. The summed E-state index contributed by atoms with van der Waals surface area (Å²) in [7, 11) is 0. The number of aryl methyl sites for hydroxylation is 3. The van der Waals surface area contributed by atoms with E-state index in [4.69, 9.17) is 0 Å². The normalized spacial score (nSPS) is 25.3. The quantitative estimate of drug-likeness (QED) is 0.883. The Bertz CT molecular complexity index is 455. The number of aliphatic hydroxyl groups is 1. The smallest absolute Gasteiger partial charge is 0.0911 e. The first-order valence-electron chi connectivity index (χ1n) is 7.49. The molecule has 0 aromatic heterocycles. The summed E-state index contributed by atoms with van der Waals surface area (Å²) in [6, 6.07) is 4.41. The van der Waals surface area contributed by atoms with Crippen LogP contribution in [-0.2, 0) is 5.60 Å². The third kappa shape index (κ3) is 3.01. The van der Waals surface area contributed by atoms with Crippen LogP contribution in [0.25, 0.3) is 0 Å². The first-order chi connectivity index (χ1) is 8.96. The Balaban J connectivity index is 2.31. The van der Waals surface area contributed by atoms with E-state index < -0.39 is 5.60 Å². The van der Waals surface area contributed by atoms with Gasteiger partial charge in [0.2, 0.25) is 0 Å². The van der Waals surface area contributed by atoms with Gasteiger partial charge >= 0.3 is 0 Å². The molecule has 0 spiro atoms. The summed E-state index contributed by atoms with van der Waals surface area (Å²) in [5, 5.41) is 11.1. The van der Waals surface area contributed by atoms with Crippen LogP contribution in [0.2, 0.25) is 0 Å². The molecule has 1 aliphatic rings. The zero-order chi connectivity index (χ0) is 14.0. The van der Waals surface area contributed by atoms with Gasteiger partial charge in [-0.15, -0.1) is 0 Å². The average molecular weight is 261 g/mol. The van der Waals surface area contributed by atoms with Gasteiger partial charge in [-0.2, -0.15) is 0 Å². The maximum absolute atomic E-state index is 11.1. The van der Waals surface area contributed by atoms with Crippen LogP contribution < -0.4 is 0 Å². The Labute approximate surface area is 117 Å². The third-order valence-corrected chi connectivity index (χ3v) is 4.70. The van der Waals surface area contributed by atoms with Gasteiger partial charge in [0.05, 0.1) is 5.60 Å². The van der Waals surface area contributed by atoms with Gasteiger partial charge in [0.25, 0.3) is 0 Å².